The summed E-state index contributed by atoms with van der Waals surface area (Å²) in [6.07, 6.45) is 1.98. The fourth-order valence-electron chi connectivity index (χ4n) is 2.69. The largest absolute Gasteiger partial charge is 0.477 e. The van der Waals surface area contributed by atoms with Crippen molar-refractivity contribution < 1.29 is 14.8 Å². The third-order valence-corrected chi connectivity index (χ3v) is 3.97. The quantitative estimate of drug-likeness (QED) is 0.673. The highest BCUT2D eigenvalue weighted by Crippen LogP contribution is 2.28. The maximum Gasteiger partial charge on any atom is 0.342 e. The Morgan fingerprint density at radius 2 is 2.00 bits per heavy atom. The number of carboxylic acids is 1. The van der Waals surface area contributed by atoms with Crippen molar-refractivity contribution in [3.63, 3.8) is 0 Å². The van der Waals surface area contributed by atoms with Crippen LogP contribution in [0, 0.1) is 10.1 Å². The fraction of sp³-hybridized carbons (Fsp3) is 0.500. The number of aromatic carboxylic acids is 1. The zero-order valence-corrected chi connectivity index (χ0v) is 12.2. The molecule has 7 heteroatoms. The molecule has 0 aliphatic carbocycles. The standard InChI is InChI=1S/C14H19N3O4/c1-15(2)10-5-7-16(8-6-10)11-3-4-12(14(18)19)13(9-11)17(20)21/h3-4,9-10H,5-8H2,1-2H3,(H,18,19). The van der Waals surface area contributed by atoms with Gasteiger partial charge in [0.15, 0.2) is 0 Å². The van der Waals surface area contributed by atoms with Gasteiger partial charge in [0.25, 0.3) is 5.69 Å². The monoisotopic (exact) mass is 293 g/mol. The minimum Gasteiger partial charge on any atom is -0.477 e. The average Bonchev–Trinajstić information content (AvgIpc) is 2.46. The second kappa shape index (κ2) is 6.09. The number of rotatable bonds is 4. The lowest BCUT2D eigenvalue weighted by Gasteiger charge is -2.36. The minimum absolute atomic E-state index is 0.271. The first-order valence-electron chi connectivity index (χ1n) is 6.83. The maximum absolute atomic E-state index is 11.0. The van der Waals surface area contributed by atoms with Gasteiger partial charge in [0.2, 0.25) is 0 Å². The van der Waals surface area contributed by atoms with Gasteiger partial charge in [0.1, 0.15) is 5.56 Å². The van der Waals surface area contributed by atoms with E-state index in [0.29, 0.717) is 11.7 Å². The van der Waals surface area contributed by atoms with Gasteiger partial charge in [0, 0.05) is 30.9 Å². The number of hydrogen-bond acceptors (Lipinski definition) is 5. The van der Waals surface area contributed by atoms with Gasteiger partial charge in [-0.1, -0.05) is 0 Å². The van der Waals surface area contributed by atoms with Crippen LogP contribution in [0.15, 0.2) is 18.2 Å². The topological polar surface area (TPSA) is 86.9 Å². The molecule has 0 atom stereocenters. The van der Waals surface area contributed by atoms with E-state index in [0.717, 1.165) is 25.9 Å². The second-order valence-electron chi connectivity index (χ2n) is 5.45. The van der Waals surface area contributed by atoms with E-state index in [1.807, 2.05) is 14.1 Å². The first kappa shape index (κ1) is 15.2. The van der Waals surface area contributed by atoms with Crippen LogP contribution in [-0.4, -0.2) is 54.1 Å². The molecule has 1 aromatic carbocycles. The first-order valence-corrected chi connectivity index (χ1v) is 6.83. The van der Waals surface area contributed by atoms with Crippen LogP contribution in [0.5, 0.6) is 0 Å². The summed E-state index contributed by atoms with van der Waals surface area (Å²) in [5.74, 6) is -1.28. The van der Waals surface area contributed by atoms with Gasteiger partial charge in [-0.3, -0.25) is 10.1 Å². The Hall–Kier alpha value is -2.15. The number of nitrogens with zero attached hydrogens (tertiary/aromatic N) is 3. The zero-order chi connectivity index (χ0) is 15.6. The molecule has 2 rings (SSSR count). The third kappa shape index (κ3) is 3.30. The molecule has 1 aromatic rings. The molecule has 0 saturated carbocycles. The number of carboxylic acid groups (broad SMARTS) is 1. The van der Waals surface area contributed by atoms with E-state index in [1.165, 1.54) is 12.1 Å². The van der Waals surface area contributed by atoms with Crippen LogP contribution in [0.25, 0.3) is 0 Å². The summed E-state index contributed by atoms with van der Waals surface area (Å²) in [5, 5.41) is 20.0. The van der Waals surface area contributed by atoms with Crippen molar-refractivity contribution in [1.82, 2.24) is 4.90 Å². The van der Waals surface area contributed by atoms with Crippen molar-refractivity contribution in [1.29, 1.82) is 0 Å². The predicted molar refractivity (Wildman–Crippen MR) is 79.0 cm³/mol. The number of piperidine rings is 1. The number of anilines is 1. The highest BCUT2D eigenvalue weighted by atomic mass is 16.6. The number of benzene rings is 1. The molecule has 1 fully saturated rings. The molecule has 0 amide bonds. The molecule has 114 valence electrons. The molecule has 1 aliphatic rings. The molecule has 1 aliphatic heterocycles. The van der Waals surface area contributed by atoms with Crippen LogP contribution in [-0.2, 0) is 0 Å². The summed E-state index contributed by atoms with van der Waals surface area (Å²) in [4.78, 5) is 25.6. The lowest BCUT2D eigenvalue weighted by molar-refractivity contribution is -0.385. The van der Waals surface area contributed by atoms with E-state index in [-0.39, 0.29) is 11.3 Å². The van der Waals surface area contributed by atoms with Gasteiger partial charge in [-0.15, -0.1) is 0 Å². The minimum atomic E-state index is -1.28. The Morgan fingerprint density at radius 1 is 1.38 bits per heavy atom. The number of nitro groups is 1. The molecule has 1 heterocycles. The number of nitro benzene ring substituents is 1. The molecular formula is C14H19N3O4. The fourth-order valence-corrected chi connectivity index (χ4v) is 2.69. The van der Waals surface area contributed by atoms with Crippen molar-refractivity contribution >= 4 is 17.3 Å². The summed E-state index contributed by atoms with van der Waals surface area (Å²) in [6, 6.07) is 4.84. The second-order valence-corrected chi connectivity index (χ2v) is 5.45. The Labute approximate surface area is 122 Å². The zero-order valence-electron chi connectivity index (χ0n) is 12.2. The summed E-state index contributed by atoms with van der Waals surface area (Å²) < 4.78 is 0. The van der Waals surface area contributed by atoms with Gasteiger partial charge >= 0.3 is 5.97 Å². The summed E-state index contributed by atoms with van der Waals surface area (Å²) >= 11 is 0. The van der Waals surface area contributed by atoms with Gasteiger partial charge in [-0.25, -0.2) is 4.79 Å². The first-order chi connectivity index (χ1) is 9.90. The van der Waals surface area contributed by atoms with E-state index < -0.39 is 10.9 Å². The van der Waals surface area contributed by atoms with E-state index in [9.17, 15) is 14.9 Å². The van der Waals surface area contributed by atoms with Crippen LogP contribution >= 0.6 is 0 Å². The molecule has 0 spiro atoms. The van der Waals surface area contributed by atoms with Gasteiger partial charge in [-0.2, -0.15) is 0 Å². The van der Waals surface area contributed by atoms with Crippen molar-refractivity contribution in [3.8, 4) is 0 Å². The van der Waals surface area contributed by atoms with Gasteiger partial charge in [0.05, 0.1) is 4.92 Å². The molecule has 0 unspecified atom stereocenters. The van der Waals surface area contributed by atoms with Crippen LogP contribution < -0.4 is 4.90 Å². The maximum atomic E-state index is 11.0. The van der Waals surface area contributed by atoms with Crippen molar-refractivity contribution in [3.05, 3.63) is 33.9 Å². The smallest absolute Gasteiger partial charge is 0.342 e. The summed E-state index contributed by atoms with van der Waals surface area (Å²) in [5.41, 5.74) is 0.0885. The molecule has 1 saturated heterocycles. The van der Waals surface area contributed by atoms with Crippen LogP contribution in [0.2, 0.25) is 0 Å². The molecule has 0 aromatic heterocycles. The number of carbonyl (C=O) groups is 1. The Balaban J connectivity index is 2.20. The molecular weight excluding hydrogens is 274 g/mol. The van der Waals surface area contributed by atoms with Gasteiger partial charge in [-0.05, 0) is 39.1 Å². The molecule has 7 nitrogen and oxygen atoms in total. The molecule has 0 bridgehead atoms. The van der Waals surface area contributed by atoms with Crippen LogP contribution in [0.3, 0.4) is 0 Å². The molecule has 0 radical (unpaired) electrons. The Bertz CT molecular complexity index is 551. The van der Waals surface area contributed by atoms with Crippen molar-refractivity contribution in [2.75, 3.05) is 32.1 Å². The van der Waals surface area contributed by atoms with E-state index in [1.54, 1.807) is 6.07 Å². The SMILES string of the molecule is CN(C)C1CCN(c2ccc(C(=O)O)c([N+](=O)[O-])c2)CC1. The highest BCUT2D eigenvalue weighted by Gasteiger charge is 2.24. The van der Waals surface area contributed by atoms with Crippen molar-refractivity contribution in [2.45, 2.75) is 18.9 Å². The Morgan fingerprint density at radius 3 is 2.48 bits per heavy atom. The lowest BCUT2D eigenvalue weighted by atomic mass is 10.0. The highest BCUT2D eigenvalue weighted by molar-refractivity contribution is 5.93. The van der Waals surface area contributed by atoms with E-state index in [2.05, 4.69) is 9.80 Å². The van der Waals surface area contributed by atoms with Gasteiger partial charge < -0.3 is 14.9 Å². The normalized spacial score (nSPS) is 16.2. The number of hydrogen-bond donors (Lipinski definition) is 1. The van der Waals surface area contributed by atoms with Crippen LogP contribution in [0.4, 0.5) is 11.4 Å². The summed E-state index contributed by atoms with van der Waals surface area (Å²) in [6.45, 7) is 1.62. The van der Waals surface area contributed by atoms with E-state index >= 15 is 0 Å². The average molecular weight is 293 g/mol. The van der Waals surface area contributed by atoms with Crippen molar-refractivity contribution in [2.24, 2.45) is 0 Å². The lowest BCUT2D eigenvalue weighted by Crippen LogP contribution is -2.42. The van der Waals surface area contributed by atoms with E-state index in [4.69, 9.17) is 5.11 Å². The predicted octanol–water partition coefficient (Wildman–Crippen LogP) is 1.82. The molecule has 1 N–H and O–H groups in total. The third-order valence-electron chi connectivity index (χ3n) is 3.97. The van der Waals surface area contributed by atoms with Crippen LogP contribution in [0.1, 0.15) is 23.2 Å². The summed E-state index contributed by atoms with van der Waals surface area (Å²) in [7, 11) is 4.10. The Kier molecular flexibility index (Phi) is 4.42. The molecule has 21 heavy (non-hydrogen) atoms.